The second kappa shape index (κ2) is 7.79. The van der Waals surface area contributed by atoms with E-state index in [0.29, 0.717) is 48.1 Å². The van der Waals surface area contributed by atoms with E-state index in [4.69, 9.17) is 16.3 Å². The normalized spacial score (nSPS) is 14.3. The van der Waals surface area contributed by atoms with Gasteiger partial charge in [0.05, 0.1) is 12.7 Å². The summed E-state index contributed by atoms with van der Waals surface area (Å²) in [6.07, 6.45) is 0. The number of nitrogens with zero attached hydrogens (tertiary/aromatic N) is 2. The zero-order chi connectivity index (χ0) is 18.7. The van der Waals surface area contributed by atoms with Crippen LogP contribution in [0.25, 0.3) is 0 Å². The Balaban J connectivity index is 1.66. The van der Waals surface area contributed by atoms with E-state index in [9.17, 15) is 9.59 Å². The lowest BCUT2D eigenvalue weighted by molar-refractivity contribution is 0.0533. The number of hydrogen-bond donors (Lipinski definition) is 0. The molecule has 3 rings (SSSR count). The summed E-state index contributed by atoms with van der Waals surface area (Å²) in [5, 5.41) is 0.601. The Hall–Kier alpha value is -2.53. The van der Waals surface area contributed by atoms with Gasteiger partial charge >= 0.3 is 0 Å². The number of halogens is 1. The molecule has 1 aliphatic rings. The van der Waals surface area contributed by atoms with E-state index in [1.165, 1.54) is 0 Å². The first kappa shape index (κ1) is 18.3. The zero-order valence-electron chi connectivity index (χ0n) is 14.9. The number of rotatable bonds is 3. The van der Waals surface area contributed by atoms with Crippen LogP contribution in [-0.4, -0.2) is 54.9 Å². The van der Waals surface area contributed by atoms with Crippen LogP contribution >= 0.6 is 11.6 Å². The number of piperazine rings is 1. The minimum atomic E-state index is -0.0656. The second-order valence-corrected chi connectivity index (χ2v) is 6.73. The molecular formula is C20H21ClN2O3. The smallest absolute Gasteiger partial charge is 0.257 e. The van der Waals surface area contributed by atoms with E-state index in [1.54, 1.807) is 41.2 Å². The maximum atomic E-state index is 12.8. The van der Waals surface area contributed by atoms with Crippen LogP contribution in [-0.2, 0) is 0 Å². The fourth-order valence-electron chi connectivity index (χ4n) is 3.05. The number of aryl methyl sites for hydroxylation is 1. The highest BCUT2D eigenvalue weighted by Gasteiger charge is 2.27. The molecule has 0 aromatic heterocycles. The predicted molar refractivity (Wildman–Crippen MR) is 101 cm³/mol. The molecule has 0 bridgehead atoms. The van der Waals surface area contributed by atoms with Gasteiger partial charge in [0, 0.05) is 36.8 Å². The van der Waals surface area contributed by atoms with Crippen LogP contribution in [0.3, 0.4) is 0 Å². The number of carbonyl (C=O) groups is 2. The lowest BCUT2D eigenvalue weighted by Crippen LogP contribution is -2.50. The molecule has 2 amide bonds. The summed E-state index contributed by atoms with van der Waals surface area (Å²) in [5.41, 5.74) is 2.17. The fraction of sp³-hybridized carbons (Fsp3) is 0.300. The van der Waals surface area contributed by atoms with Crippen molar-refractivity contribution >= 4 is 23.4 Å². The van der Waals surface area contributed by atoms with E-state index in [-0.39, 0.29) is 11.8 Å². The Bertz CT molecular complexity index is 812. The van der Waals surface area contributed by atoms with Crippen LogP contribution < -0.4 is 4.74 Å². The molecule has 136 valence electrons. The summed E-state index contributed by atoms with van der Waals surface area (Å²) in [6, 6.07) is 12.4. The van der Waals surface area contributed by atoms with Gasteiger partial charge < -0.3 is 14.5 Å². The fourth-order valence-corrected chi connectivity index (χ4v) is 3.17. The Morgan fingerprint density at radius 1 is 0.923 bits per heavy atom. The van der Waals surface area contributed by atoms with Crippen molar-refractivity contribution in [3.8, 4) is 5.75 Å². The molecule has 0 saturated carbocycles. The van der Waals surface area contributed by atoms with Crippen LogP contribution in [0.15, 0.2) is 42.5 Å². The van der Waals surface area contributed by atoms with Crippen LogP contribution in [0.1, 0.15) is 26.3 Å². The second-order valence-electron chi connectivity index (χ2n) is 6.30. The molecule has 0 unspecified atom stereocenters. The molecule has 26 heavy (non-hydrogen) atoms. The first-order valence-electron chi connectivity index (χ1n) is 8.48. The Morgan fingerprint density at radius 2 is 1.50 bits per heavy atom. The molecule has 2 aromatic carbocycles. The molecule has 1 aliphatic heterocycles. The highest BCUT2D eigenvalue weighted by molar-refractivity contribution is 6.30. The summed E-state index contributed by atoms with van der Waals surface area (Å²) in [6.45, 7) is 3.94. The van der Waals surface area contributed by atoms with Crippen molar-refractivity contribution in [2.75, 3.05) is 33.3 Å². The zero-order valence-corrected chi connectivity index (χ0v) is 15.6. The highest BCUT2D eigenvalue weighted by Crippen LogP contribution is 2.22. The molecule has 1 fully saturated rings. The quantitative estimate of drug-likeness (QED) is 0.831. The predicted octanol–water partition coefficient (Wildman–Crippen LogP) is 3.26. The lowest BCUT2D eigenvalue weighted by Gasteiger charge is -2.35. The maximum Gasteiger partial charge on any atom is 0.257 e. The van der Waals surface area contributed by atoms with Crippen LogP contribution in [0, 0.1) is 6.92 Å². The third kappa shape index (κ3) is 3.83. The molecule has 6 heteroatoms. The molecule has 1 heterocycles. The van der Waals surface area contributed by atoms with E-state index in [2.05, 4.69) is 0 Å². The van der Waals surface area contributed by atoms with Gasteiger partial charge in [-0.1, -0.05) is 23.2 Å². The minimum absolute atomic E-state index is 0.0399. The van der Waals surface area contributed by atoms with Crippen LogP contribution in [0.4, 0.5) is 0 Å². The summed E-state index contributed by atoms with van der Waals surface area (Å²) < 4.78 is 5.32. The molecule has 0 atom stereocenters. The minimum Gasteiger partial charge on any atom is -0.496 e. The molecule has 0 N–H and O–H groups in total. The lowest BCUT2D eigenvalue weighted by atomic mass is 10.1. The molecule has 5 nitrogen and oxygen atoms in total. The van der Waals surface area contributed by atoms with E-state index in [0.717, 1.165) is 5.56 Å². The van der Waals surface area contributed by atoms with Crippen LogP contribution in [0.2, 0.25) is 5.02 Å². The SMILES string of the molecule is COc1ccc(C)cc1C(=O)N1CCN(C(=O)c2ccc(Cl)cc2)CC1. The van der Waals surface area contributed by atoms with Crippen molar-refractivity contribution in [3.05, 3.63) is 64.2 Å². The van der Waals surface area contributed by atoms with Crippen molar-refractivity contribution in [1.82, 2.24) is 9.80 Å². The van der Waals surface area contributed by atoms with Gasteiger partial charge in [-0.05, 0) is 43.3 Å². The van der Waals surface area contributed by atoms with E-state index < -0.39 is 0 Å². The third-order valence-corrected chi connectivity index (χ3v) is 4.78. The van der Waals surface area contributed by atoms with Gasteiger partial charge in [-0.2, -0.15) is 0 Å². The van der Waals surface area contributed by atoms with Gasteiger partial charge in [-0.25, -0.2) is 0 Å². The first-order chi connectivity index (χ1) is 12.5. The van der Waals surface area contributed by atoms with Crippen molar-refractivity contribution < 1.29 is 14.3 Å². The molecule has 0 radical (unpaired) electrons. The summed E-state index contributed by atoms with van der Waals surface area (Å²) in [7, 11) is 1.56. The number of ether oxygens (including phenoxy) is 1. The third-order valence-electron chi connectivity index (χ3n) is 4.53. The largest absolute Gasteiger partial charge is 0.496 e. The van der Waals surface area contributed by atoms with Gasteiger partial charge in [-0.15, -0.1) is 0 Å². The van der Waals surface area contributed by atoms with Gasteiger partial charge in [0.1, 0.15) is 5.75 Å². The summed E-state index contributed by atoms with van der Waals surface area (Å²) >= 11 is 5.87. The Kier molecular flexibility index (Phi) is 5.47. The van der Waals surface area contributed by atoms with E-state index in [1.807, 2.05) is 25.1 Å². The summed E-state index contributed by atoms with van der Waals surface area (Å²) in [4.78, 5) is 28.9. The van der Waals surface area contributed by atoms with Crippen molar-refractivity contribution in [1.29, 1.82) is 0 Å². The monoisotopic (exact) mass is 372 g/mol. The van der Waals surface area contributed by atoms with Gasteiger partial charge in [0.15, 0.2) is 0 Å². The van der Waals surface area contributed by atoms with Crippen molar-refractivity contribution in [3.63, 3.8) is 0 Å². The van der Waals surface area contributed by atoms with Crippen molar-refractivity contribution in [2.24, 2.45) is 0 Å². The first-order valence-corrected chi connectivity index (χ1v) is 8.86. The average Bonchev–Trinajstić information content (AvgIpc) is 2.67. The van der Waals surface area contributed by atoms with E-state index >= 15 is 0 Å². The number of amides is 2. The number of benzene rings is 2. The molecule has 0 spiro atoms. The van der Waals surface area contributed by atoms with Gasteiger partial charge in [-0.3, -0.25) is 9.59 Å². The van der Waals surface area contributed by atoms with Crippen LogP contribution in [0.5, 0.6) is 5.75 Å². The maximum absolute atomic E-state index is 12.8. The highest BCUT2D eigenvalue weighted by atomic mass is 35.5. The van der Waals surface area contributed by atoms with Crippen molar-refractivity contribution in [2.45, 2.75) is 6.92 Å². The number of carbonyl (C=O) groups excluding carboxylic acids is 2. The average molecular weight is 373 g/mol. The molecule has 2 aromatic rings. The number of hydrogen-bond acceptors (Lipinski definition) is 3. The molecule has 1 saturated heterocycles. The molecule has 0 aliphatic carbocycles. The summed E-state index contributed by atoms with van der Waals surface area (Å²) in [5.74, 6) is 0.464. The topological polar surface area (TPSA) is 49.9 Å². The Morgan fingerprint density at radius 3 is 2.08 bits per heavy atom. The molecular weight excluding hydrogens is 352 g/mol. The number of methoxy groups -OCH3 is 1. The Labute approximate surface area is 158 Å². The van der Waals surface area contributed by atoms with Gasteiger partial charge in [0.2, 0.25) is 0 Å². The standard InChI is InChI=1S/C20H21ClN2O3/c1-14-3-8-18(26-2)17(13-14)20(25)23-11-9-22(10-12-23)19(24)15-4-6-16(21)7-5-15/h3-8,13H,9-12H2,1-2H3. The van der Waals surface area contributed by atoms with Gasteiger partial charge in [0.25, 0.3) is 11.8 Å².